The van der Waals surface area contributed by atoms with E-state index >= 15 is 0 Å². The Morgan fingerprint density at radius 3 is 2.88 bits per heavy atom. The minimum absolute atomic E-state index is 0.0391. The van der Waals surface area contributed by atoms with Crippen LogP contribution >= 0.6 is 11.6 Å². The number of rotatable bonds is 2. The van der Waals surface area contributed by atoms with Gasteiger partial charge < -0.3 is 11.1 Å². The fourth-order valence-electron chi connectivity index (χ4n) is 1.34. The summed E-state index contributed by atoms with van der Waals surface area (Å²) in [6.07, 6.45) is 0.506. The summed E-state index contributed by atoms with van der Waals surface area (Å²) in [4.78, 5) is 33.7. The van der Waals surface area contributed by atoms with Crippen molar-refractivity contribution in [2.24, 2.45) is 10.7 Å². The molecule has 17 heavy (non-hydrogen) atoms. The largest absolute Gasteiger partial charge is 0.364 e. The van der Waals surface area contributed by atoms with Gasteiger partial charge in [-0.1, -0.05) is 0 Å². The van der Waals surface area contributed by atoms with E-state index in [9.17, 15) is 9.59 Å². The van der Waals surface area contributed by atoms with Gasteiger partial charge in [0, 0.05) is 19.0 Å². The number of aliphatic imine (C=N–C) groups is 1. The highest BCUT2D eigenvalue weighted by atomic mass is 35.5. The number of halogens is 1. The smallest absolute Gasteiger partial charge is 0.267 e. The number of carbonyl (C=O) groups is 2. The number of primary amides is 1. The lowest BCUT2D eigenvalue weighted by molar-refractivity contribution is -0.113. The zero-order chi connectivity index (χ0) is 12.4. The van der Waals surface area contributed by atoms with Gasteiger partial charge in [-0.05, 0) is 11.6 Å². The van der Waals surface area contributed by atoms with Gasteiger partial charge in [-0.15, -0.1) is 0 Å². The number of nitrogens with one attached hydrogen (secondary N) is 1. The minimum Gasteiger partial charge on any atom is -0.364 e. The Kier molecular flexibility index (Phi) is 3.01. The molecule has 2 amide bonds. The average Bonchev–Trinajstić information content (AvgIpc) is 2.63. The van der Waals surface area contributed by atoms with Crippen molar-refractivity contribution < 1.29 is 9.59 Å². The van der Waals surface area contributed by atoms with Gasteiger partial charge in [0.2, 0.25) is 5.28 Å². The number of nitrogens with two attached hydrogens (primary N) is 1. The SMILES string of the molecule is NC(=O)c1cc(N=C2CCNC2=O)nc(Cl)n1. The van der Waals surface area contributed by atoms with Crippen molar-refractivity contribution in [3.05, 3.63) is 17.0 Å². The van der Waals surface area contributed by atoms with Crippen LogP contribution in [0, 0.1) is 0 Å². The second-order valence-corrected chi connectivity index (χ2v) is 3.65. The van der Waals surface area contributed by atoms with Crippen molar-refractivity contribution >= 4 is 34.9 Å². The first-order chi connectivity index (χ1) is 8.06. The van der Waals surface area contributed by atoms with Gasteiger partial charge in [-0.3, -0.25) is 9.59 Å². The summed E-state index contributed by atoms with van der Waals surface area (Å²) >= 11 is 5.62. The summed E-state index contributed by atoms with van der Waals surface area (Å²) in [5.74, 6) is -0.835. The molecule has 88 valence electrons. The predicted octanol–water partition coefficient (Wildman–Crippen LogP) is -0.179. The Labute approximate surface area is 101 Å². The molecule has 1 aromatic rings. The number of hydrogen-bond donors (Lipinski definition) is 2. The molecule has 0 saturated carbocycles. The van der Waals surface area contributed by atoms with E-state index in [2.05, 4.69) is 20.3 Å². The van der Waals surface area contributed by atoms with Crippen LogP contribution in [-0.4, -0.2) is 34.0 Å². The van der Waals surface area contributed by atoms with E-state index in [0.29, 0.717) is 18.7 Å². The normalized spacial score (nSPS) is 17.2. The molecular weight excluding hydrogens is 246 g/mol. The summed E-state index contributed by atoms with van der Waals surface area (Å²) in [7, 11) is 0. The zero-order valence-corrected chi connectivity index (χ0v) is 9.36. The Hall–Kier alpha value is -2.02. The molecule has 0 aliphatic carbocycles. The molecule has 0 aromatic carbocycles. The second kappa shape index (κ2) is 4.46. The minimum atomic E-state index is -0.730. The van der Waals surface area contributed by atoms with Crippen LogP contribution in [0.5, 0.6) is 0 Å². The fourth-order valence-corrected chi connectivity index (χ4v) is 1.52. The van der Waals surface area contributed by atoms with Crippen LogP contribution in [0.25, 0.3) is 0 Å². The third-order valence-corrected chi connectivity index (χ3v) is 2.27. The molecule has 1 saturated heterocycles. The topological polar surface area (TPSA) is 110 Å². The highest BCUT2D eigenvalue weighted by molar-refractivity contribution is 6.41. The average molecular weight is 254 g/mol. The van der Waals surface area contributed by atoms with Gasteiger partial charge in [0.25, 0.3) is 11.8 Å². The summed E-state index contributed by atoms with van der Waals surface area (Å²) in [5, 5.41) is 2.46. The monoisotopic (exact) mass is 253 g/mol. The molecule has 1 fully saturated rings. The van der Waals surface area contributed by atoms with Crippen LogP contribution in [0.1, 0.15) is 16.9 Å². The number of aromatic nitrogens is 2. The Balaban J connectivity index is 2.39. The molecule has 3 N–H and O–H groups in total. The van der Waals surface area contributed by atoms with Gasteiger partial charge in [0.15, 0.2) is 5.82 Å². The van der Waals surface area contributed by atoms with Crippen LogP contribution < -0.4 is 11.1 Å². The van der Waals surface area contributed by atoms with Gasteiger partial charge in [-0.25, -0.2) is 9.98 Å². The van der Waals surface area contributed by atoms with Crippen molar-refractivity contribution in [3.63, 3.8) is 0 Å². The summed E-state index contributed by atoms with van der Waals surface area (Å²) in [6.45, 7) is 0.541. The van der Waals surface area contributed by atoms with Crippen molar-refractivity contribution in [1.82, 2.24) is 15.3 Å². The van der Waals surface area contributed by atoms with E-state index < -0.39 is 5.91 Å². The molecule has 2 heterocycles. The number of nitrogens with zero attached hydrogens (tertiary/aromatic N) is 3. The summed E-state index contributed by atoms with van der Waals surface area (Å²) in [5.41, 5.74) is 5.38. The highest BCUT2D eigenvalue weighted by Crippen LogP contribution is 2.15. The predicted molar refractivity (Wildman–Crippen MR) is 60.3 cm³/mol. The Morgan fingerprint density at radius 2 is 2.29 bits per heavy atom. The molecule has 0 bridgehead atoms. The quantitative estimate of drug-likeness (QED) is 0.712. The molecule has 0 radical (unpaired) electrons. The number of hydrogen-bond acceptors (Lipinski definition) is 5. The summed E-state index contributed by atoms with van der Waals surface area (Å²) < 4.78 is 0. The lowest BCUT2D eigenvalue weighted by Crippen LogP contribution is -2.18. The van der Waals surface area contributed by atoms with Crippen LogP contribution in [0.2, 0.25) is 5.28 Å². The third kappa shape index (κ3) is 2.56. The molecule has 0 atom stereocenters. The number of carbonyl (C=O) groups excluding carboxylic acids is 2. The molecule has 7 nitrogen and oxygen atoms in total. The highest BCUT2D eigenvalue weighted by Gasteiger charge is 2.18. The molecule has 1 aliphatic rings. The zero-order valence-electron chi connectivity index (χ0n) is 8.61. The maximum absolute atomic E-state index is 11.3. The first kappa shape index (κ1) is 11.5. The van der Waals surface area contributed by atoms with E-state index in [1.54, 1.807) is 0 Å². The second-order valence-electron chi connectivity index (χ2n) is 3.31. The standard InChI is InChI=1S/C9H8ClN5O2/c10-9-14-5(7(11)16)3-6(15-9)13-4-1-2-12-8(4)17/h3H,1-2H2,(H2,11,16)(H,12,17). The number of amides is 2. The van der Waals surface area contributed by atoms with E-state index in [-0.39, 0.29) is 22.7 Å². The first-order valence-corrected chi connectivity index (χ1v) is 5.14. The molecule has 8 heteroatoms. The molecular formula is C9H8ClN5O2. The summed E-state index contributed by atoms with van der Waals surface area (Å²) in [6, 6.07) is 1.28. The van der Waals surface area contributed by atoms with Gasteiger partial charge >= 0.3 is 0 Å². The van der Waals surface area contributed by atoms with Crippen molar-refractivity contribution in [2.75, 3.05) is 6.54 Å². The maximum Gasteiger partial charge on any atom is 0.267 e. The lowest BCUT2D eigenvalue weighted by Gasteiger charge is -1.99. The van der Waals surface area contributed by atoms with Gasteiger partial charge in [0.1, 0.15) is 11.4 Å². The molecule has 1 aromatic heterocycles. The Morgan fingerprint density at radius 1 is 1.53 bits per heavy atom. The van der Waals surface area contributed by atoms with Gasteiger partial charge in [-0.2, -0.15) is 4.98 Å². The molecule has 0 unspecified atom stereocenters. The van der Waals surface area contributed by atoms with E-state index in [4.69, 9.17) is 17.3 Å². The fraction of sp³-hybridized carbons (Fsp3) is 0.222. The Bertz CT molecular complexity index is 528. The van der Waals surface area contributed by atoms with Crippen LogP contribution in [0.15, 0.2) is 11.1 Å². The molecule has 2 rings (SSSR count). The lowest BCUT2D eigenvalue weighted by atomic mass is 10.3. The van der Waals surface area contributed by atoms with Crippen molar-refractivity contribution in [1.29, 1.82) is 0 Å². The van der Waals surface area contributed by atoms with E-state index in [1.807, 2.05) is 0 Å². The van der Waals surface area contributed by atoms with Crippen molar-refractivity contribution in [3.8, 4) is 0 Å². The van der Waals surface area contributed by atoms with E-state index in [0.717, 1.165) is 0 Å². The molecule has 1 aliphatic heterocycles. The van der Waals surface area contributed by atoms with Crippen LogP contribution in [-0.2, 0) is 4.79 Å². The maximum atomic E-state index is 11.3. The van der Waals surface area contributed by atoms with Crippen molar-refractivity contribution in [2.45, 2.75) is 6.42 Å². The van der Waals surface area contributed by atoms with Gasteiger partial charge in [0.05, 0.1) is 0 Å². The van der Waals surface area contributed by atoms with Crippen LogP contribution in [0.3, 0.4) is 0 Å². The van der Waals surface area contributed by atoms with E-state index in [1.165, 1.54) is 6.07 Å². The van der Waals surface area contributed by atoms with Crippen LogP contribution in [0.4, 0.5) is 5.82 Å². The third-order valence-electron chi connectivity index (χ3n) is 2.10. The molecule has 0 spiro atoms. The first-order valence-electron chi connectivity index (χ1n) is 4.76.